The van der Waals surface area contributed by atoms with Crippen LogP contribution in [0.3, 0.4) is 0 Å². The molecule has 0 radical (unpaired) electrons. The molecule has 1 aliphatic rings. The summed E-state index contributed by atoms with van der Waals surface area (Å²) >= 11 is 6.12. The Hall–Kier alpha value is -2.53. The number of halogens is 1. The van der Waals surface area contributed by atoms with Gasteiger partial charge in [0.15, 0.2) is 0 Å². The first-order valence-electron chi connectivity index (χ1n) is 8.98. The van der Waals surface area contributed by atoms with Crippen LogP contribution in [-0.4, -0.2) is 41.6 Å². The molecule has 27 heavy (non-hydrogen) atoms. The highest BCUT2D eigenvalue weighted by molar-refractivity contribution is 6.30. The van der Waals surface area contributed by atoms with Crippen molar-refractivity contribution in [3.05, 3.63) is 64.7 Å². The lowest BCUT2D eigenvalue weighted by Gasteiger charge is -2.18. The highest BCUT2D eigenvalue weighted by Gasteiger charge is 2.33. The van der Waals surface area contributed by atoms with Gasteiger partial charge >= 0.3 is 5.97 Å². The number of carbonyl (C=O) groups excluding carboxylic acids is 1. The van der Waals surface area contributed by atoms with Crippen LogP contribution in [0.1, 0.15) is 17.5 Å². The van der Waals surface area contributed by atoms with Gasteiger partial charge in [0.25, 0.3) is 0 Å². The molecule has 1 N–H and O–H groups in total. The topological polar surface area (TPSA) is 66.8 Å². The van der Waals surface area contributed by atoms with Crippen molar-refractivity contribution in [3.8, 4) is 5.75 Å². The van der Waals surface area contributed by atoms with E-state index in [0.29, 0.717) is 24.6 Å². The predicted octanol–water partition coefficient (Wildman–Crippen LogP) is 3.44. The summed E-state index contributed by atoms with van der Waals surface area (Å²) in [6.45, 7) is 1.26. The third-order valence-electron chi connectivity index (χ3n) is 4.73. The second kappa shape index (κ2) is 8.91. The monoisotopic (exact) mass is 387 g/mol. The van der Waals surface area contributed by atoms with Gasteiger partial charge in [-0.1, -0.05) is 41.9 Å². The Morgan fingerprint density at radius 1 is 1.19 bits per heavy atom. The molecule has 6 heteroatoms. The van der Waals surface area contributed by atoms with E-state index in [1.807, 2.05) is 30.3 Å². The van der Waals surface area contributed by atoms with Gasteiger partial charge in [0.1, 0.15) is 5.75 Å². The largest absolute Gasteiger partial charge is 0.493 e. The number of carboxylic acid groups (broad SMARTS) is 1. The number of aliphatic carboxylic acids is 1. The molecule has 1 unspecified atom stereocenters. The summed E-state index contributed by atoms with van der Waals surface area (Å²) in [6, 6.07) is 15.6. The normalized spacial score (nSPS) is 16.6. The molecule has 1 fully saturated rings. The molecule has 2 aromatic rings. The van der Waals surface area contributed by atoms with Gasteiger partial charge in [0, 0.05) is 31.0 Å². The molecule has 2 aromatic carbocycles. The molecular weight excluding hydrogens is 366 g/mol. The molecule has 0 spiro atoms. The van der Waals surface area contributed by atoms with Gasteiger partial charge in [-0.3, -0.25) is 9.59 Å². The number of nitrogens with zero attached hydrogens (tertiary/aromatic N) is 1. The van der Waals surface area contributed by atoms with Gasteiger partial charge in [0.05, 0.1) is 12.5 Å². The first-order chi connectivity index (χ1) is 13.0. The van der Waals surface area contributed by atoms with Crippen LogP contribution in [0.25, 0.3) is 0 Å². The van der Waals surface area contributed by atoms with Gasteiger partial charge in [-0.2, -0.15) is 0 Å². The van der Waals surface area contributed by atoms with E-state index in [4.69, 9.17) is 21.4 Å². The number of rotatable bonds is 8. The maximum atomic E-state index is 12.0. The van der Waals surface area contributed by atoms with Gasteiger partial charge in [0.2, 0.25) is 5.91 Å². The molecule has 0 bridgehead atoms. The van der Waals surface area contributed by atoms with Gasteiger partial charge < -0.3 is 14.7 Å². The van der Waals surface area contributed by atoms with Crippen LogP contribution < -0.4 is 4.74 Å². The number of hydrogen-bond donors (Lipinski definition) is 1. The maximum Gasteiger partial charge on any atom is 0.308 e. The number of carbonyl (C=O) groups is 2. The molecule has 0 aromatic heterocycles. The summed E-state index contributed by atoms with van der Waals surface area (Å²) in [6.07, 6.45) is 1.44. The summed E-state index contributed by atoms with van der Waals surface area (Å²) in [4.78, 5) is 24.7. The molecule has 5 nitrogen and oxygen atoms in total. The van der Waals surface area contributed by atoms with E-state index in [0.717, 1.165) is 17.7 Å². The Balaban J connectivity index is 1.59. The maximum absolute atomic E-state index is 12.0. The zero-order chi connectivity index (χ0) is 19.2. The van der Waals surface area contributed by atoms with E-state index in [1.54, 1.807) is 11.0 Å². The van der Waals surface area contributed by atoms with Crippen molar-refractivity contribution < 1.29 is 19.4 Å². The van der Waals surface area contributed by atoms with Crippen LogP contribution in [-0.2, 0) is 22.4 Å². The van der Waals surface area contributed by atoms with E-state index in [1.165, 1.54) is 5.56 Å². The van der Waals surface area contributed by atoms with Crippen LogP contribution in [0.15, 0.2) is 48.5 Å². The van der Waals surface area contributed by atoms with Crippen LogP contribution in [0.5, 0.6) is 5.75 Å². The summed E-state index contributed by atoms with van der Waals surface area (Å²) < 4.78 is 5.94. The fourth-order valence-corrected chi connectivity index (χ4v) is 3.41. The number of likely N-dealkylation sites (tertiary alicyclic amines) is 1. The minimum Gasteiger partial charge on any atom is -0.493 e. The third-order valence-corrected chi connectivity index (χ3v) is 4.96. The van der Waals surface area contributed by atoms with E-state index >= 15 is 0 Å². The quantitative estimate of drug-likeness (QED) is 0.753. The molecule has 1 aliphatic heterocycles. The Kier molecular flexibility index (Phi) is 6.35. The number of benzene rings is 2. The number of carboxylic acids is 1. The minimum atomic E-state index is -0.918. The zero-order valence-electron chi connectivity index (χ0n) is 14.9. The number of ether oxygens (including phenoxy) is 1. The highest BCUT2D eigenvalue weighted by Crippen LogP contribution is 2.25. The Labute approximate surface area is 163 Å². The Morgan fingerprint density at radius 3 is 2.67 bits per heavy atom. The molecule has 1 atom stereocenters. The molecular formula is C21H22ClNO4. The standard InChI is InChI=1S/C21H22ClNO4/c22-18-6-7-19(27-11-9-15-4-2-1-3-5-15)16(12-18)8-10-23-14-17(21(25)26)13-20(23)24/h1-7,12,17H,8-11,13-14H2,(H,25,26). The Bertz CT molecular complexity index is 809. The summed E-state index contributed by atoms with van der Waals surface area (Å²) in [5, 5.41) is 9.70. The number of amides is 1. The zero-order valence-corrected chi connectivity index (χ0v) is 15.7. The van der Waals surface area contributed by atoms with E-state index < -0.39 is 11.9 Å². The van der Waals surface area contributed by atoms with Gasteiger partial charge in [-0.25, -0.2) is 0 Å². The van der Waals surface area contributed by atoms with Crippen molar-refractivity contribution in [2.45, 2.75) is 19.3 Å². The van der Waals surface area contributed by atoms with Crippen molar-refractivity contribution in [1.82, 2.24) is 4.90 Å². The highest BCUT2D eigenvalue weighted by atomic mass is 35.5. The van der Waals surface area contributed by atoms with Crippen LogP contribution in [0, 0.1) is 5.92 Å². The lowest BCUT2D eigenvalue weighted by Crippen LogP contribution is -2.28. The van der Waals surface area contributed by atoms with E-state index in [-0.39, 0.29) is 18.9 Å². The second-order valence-corrected chi connectivity index (χ2v) is 7.10. The Morgan fingerprint density at radius 2 is 1.96 bits per heavy atom. The first-order valence-corrected chi connectivity index (χ1v) is 9.36. The van der Waals surface area contributed by atoms with Crippen LogP contribution >= 0.6 is 11.6 Å². The lowest BCUT2D eigenvalue weighted by atomic mass is 10.1. The summed E-state index contributed by atoms with van der Waals surface area (Å²) in [5.41, 5.74) is 2.12. The van der Waals surface area contributed by atoms with E-state index in [2.05, 4.69) is 12.1 Å². The number of hydrogen-bond acceptors (Lipinski definition) is 3. The fraction of sp³-hybridized carbons (Fsp3) is 0.333. The van der Waals surface area contributed by atoms with Crippen LogP contribution in [0.2, 0.25) is 5.02 Å². The van der Waals surface area contributed by atoms with Crippen molar-refractivity contribution >= 4 is 23.5 Å². The predicted molar refractivity (Wildman–Crippen MR) is 103 cm³/mol. The fourth-order valence-electron chi connectivity index (χ4n) is 3.22. The van der Waals surface area contributed by atoms with Crippen molar-refractivity contribution in [2.24, 2.45) is 5.92 Å². The van der Waals surface area contributed by atoms with E-state index in [9.17, 15) is 9.59 Å². The average molecular weight is 388 g/mol. The van der Waals surface area contributed by atoms with Gasteiger partial charge in [-0.05, 0) is 35.7 Å². The molecule has 142 valence electrons. The smallest absolute Gasteiger partial charge is 0.308 e. The summed E-state index contributed by atoms with van der Waals surface area (Å²) in [7, 11) is 0. The minimum absolute atomic E-state index is 0.0747. The molecule has 0 aliphatic carbocycles. The molecule has 1 heterocycles. The van der Waals surface area contributed by atoms with Crippen molar-refractivity contribution in [2.75, 3.05) is 19.7 Å². The molecule has 0 saturated carbocycles. The van der Waals surface area contributed by atoms with Gasteiger partial charge in [-0.15, -0.1) is 0 Å². The molecule has 1 saturated heterocycles. The molecule has 1 amide bonds. The first kappa shape index (κ1) is 19.2. The lowest BCUT2D eigenvalue weighted by molar-refractivity contribution is -0.141. The van der Waals surface area contributed by atoms with Crippen molar-refractivity contribution in [3.63, 3.8) is 0 Å². The van der Waals surface area contributed by atoms with Crippen molar-refractivity contribution in [1.29, 1.82) is 0 Å². The third kappa shape index (κ3) is 5.23. The summed E-state index contributed by atoms with van der Waals surface area (Å²) in [5.74, 6) is -0.898. The second-order valence-electron chi connectivity index (χ2n) is 6.67. The SMILES string of the molecule is O=C(O)C1CC(=O)N(CCc2cc(Cl)ccc2OCCc2ccccc2)C1. The molecule has 3 rings (SSSR count). The average Bonchev–Trinajstić information content (AvgIpc) is 3.03. The van der Waals surface area contributed by atoms with Crippen LogP contribution in [0.4, 0.5) is 0 Å².